The third-order valence-corrected chi connectivity index (χ3v) is 14.5. The molecule has 480 valence electrons. The maximum atomic E-state index is 4.18. The van der Waals surface area contributed by atoms with Gasteiger partial charge in [-0.2, -0.15) is 10.2 Å². The van der Waals surface area contributed by atoms with Crippen LogP contribution in [0.2, 0.25) is 0 Å². The molecule has 0 amide bonds. The fourth-order valence-corrected chi connectivity index (χ4v) is 9.58. The lowest BCUT2D eigenvalue weighted by molar-refractivity contribution is 1.08. The van der Waals surface area contributed by atoms with Crippen molar-refractivity contribution < 1.29 is 0 Å². The molecule has 13 heterocycles. The Morgan fingerprint density at radius 3 is 0.950 bits per heavy atom. The van der Waals surface area contributed by atoms with Crippen LogP contribution in [0.25, 0.3) is 109 Å². The van der Waals surface area contributed by atoms with Gasteiger partial charge in [0.2, 0.25) is 0 Å². The molecule has 0 unspecified atom stereocenters. The summed E-state index contributed by atoms with van der Waals surface area (Å²) in [5, 5.41) is 19.5. The van der Waals surface area contributed by atoms with Crippen molar-refractivity contribution in [1.29, 1.82) is 0 Å². The zero-order chi connectivity index (χ0) is 68.1. The van der Waals surface area contributed by atoms with Crippen molar-refractivity contribution in [3.8, 4) is 0 Å². The number of rotatable bonds is 0. The lowest BCUT2D eigenvalue weighted by atomic mass is 10.1. The van der Waals surface area contributed by atoms with Gasteiger partial charge in [0.1, 0.15) is 6.33 Å². The van der Waals surface area contributed by atoms with Crippen LogP contribution >= 0.6 is 0 Å². The molecule has 0 aliphatic rings. The number of benzene rings is 7. The number of aromatic nitrogens is 16. The third kappa shape index (κ3) is 20.9. The monoisotopic (exact) mass is 1300 g/mol. The van der Waals surface area contributed by atoms with Crippen molar-refractivity contribution in [2.75, 3.05) is 0 Å². The Balaban J connectivity index is 0.000000112. The number of fused-ring (bicyclic) bond motifs is 10. The zero-order valence-electron chi connectivity index (χ0n) is 54.1. The highest BCUT2D eigenvalue weighted by molar-refractivity contribution is 5.84. The Bertz CT molecular complexity index is 3960. The average molecular weight is 1300 g/mol. The van der Waals surface area contributed by atoms with Gasteiger partial charge in [-0.25, -0.2) is 19.9 Å². The summed E-state index contributed by atoms with van der Waals surface area (Å²) in [7, 11) is 0. The molecular formula is C84H64N16. The highest BCUT2D eigenvalue weighted by atomic mass is 15.1. The molecule has 0 N–H and O–H groups in total. The largest absolute Gasteiger partial charge is 0.264 e. The van der Waals surface area contributed by atoms with Gasteiger partial charge in [0.05, 0.1) is 62.0 Å². The molecule has 0 aliphatic carbocycles. The molecule has 0 spiro atoms. The van der Waals surface area contributed by atoms with Crippen LogP contribution < -0.4 is 0 Å². The molecule has 0 atom stereocenters. The molecule has 0 radical (unpaired) electrons. The number of nitrogens with zero attached hydrogens (tertiary/aromatic N) is 16. The van der Waals surface area contributed by atoms with Gasteiger partial charge in [0, 0.05) is 125 Å². The van der Waals surface area contributed by atoms with Crippen LogP contribution in [0.15, 0.2) is 391 Å². The van der Waals surface area contributed by atoms with Crippen LogP contribution in [0, 0.1) is 0 Å². The van der Waals surface area contributed by atoms with E-state index in [2.05, 4.69) is 153 Å². The fourth-order valence-electron chi connectivity index (χ4n) is 9.58. The minimum Gasteiger partial charge on any atom is -0.264 e. The minimum atomic E-state index is 0.810. The van der Waals surface area contributed by atoms with E-state index in [9.17, 15) is 0 Å². The molecular weight excluding hydrogens is 1230 g/mol. The lowest BCUT2D eigenvalue weighted by Gasteiger charge is -1.92. The first-order valence-corrected chi connectivity index (χ1v) is 31.8. The quantitative estimate of drug-likeness (QED) is 0.138. The average Bonchev–Trinajstić information content (AvgIpc) is 3.09. The Labute approximate surface area is 576 Å². The summed E-state index contributed by atoms with van der Waals surface area (Å²) in [6.07, 6.45) is 31.6. The predicted molar refractivity (Wildman–Crippen MR) is 404 cm³/mol. The maximum absolute atomic E-state index is 4.18. The molecule has 0 saturated carbocycles. The zero-order valence-corrected chi connectivity index (χ0v) is 54.1. The first-order chi connectivity index (χ1) is 49.7. The van der Waals surface area contributed by atoms with E-state index in [1.54, 1.807) is 80.7 Å². The minimum absolute atomic E-state index is 0.810. The molecule has 20 rings (SSSR count). The van der Waals surface area contributed by atoms with Crippen molar-refractivity contribution >= 4 is 109 Å². The number of hydrogen-bond donors (Lipinski definition) is 0. The molecule has 0 saturated heterocycles. The van der Waals surface area contributed by atoms with Crippen LogP contribution in [-0.4, -0.2) is 80.0 Å². The first kappa shape index (κ1) is 67.3. The summed E-state index contributed by atoms with van der Waals surface area (Å²) in [5.74, 6) is 0. The topological polar surface area (TPSA) is 206 Å². The Morgan fingerprint density at radius 1 is 0.150 bits per heavy atom. The molecule has 0 fully saturated rings. The van der Waals surface area contributed by atoms with Crippen molar-refractivity contribution in [2.24, 2.45) is 0 Å². The van der Waals surface area contributed by atoms with Crippen LogP contribution in [0.3, 0.4) is 0 Å². The van der Waals surface area contributed by atoms with Crippen molar-refractivity contribution in [1.82, 2.24) is 80.0 Å². The van der Waals surface area contributed by atoms with Gasteiger partial charge in [-0.3, -0.25) is 49.8 Å². The van der Waals surface area contributed by atoms with Crippen LogP contribution in [0.5, 0.6) is 0 Å². The van der Waals surface area contributed by atoms with Gasteiger partial charge in [0.15, 0.2) is 5.65 Å². The van der Waals surface area contributed by atoms with E-state index in [0.29, 0.717) is 0 Å². The third-order valence-electron chi connectivity index (χ3n) is 14.5. The van der Waals surface area contributed by atoms with Crippen molar-refractivity contribution in [3.05, 3.63) is 391 Å². The van der Waals surface area contributed by atoms with Crippen LogP contribution in [0.4, 0.5) is 0 Å². The number of pyridine rings is 10. The second-order valence-corrected chi connectivity index (χ2v) is 21.2. The predicted octanol–water partition coefficient (Wildman–Crippen LogP) is 18.7. The smallest absolute Gasteiger partial charge is 0.159 e. The SMILES string of the molecule is c1ccc2ccccc2c1.c1ccc2cnccc2c1.c1ccc2ncccc2c1.c1ccc2nccnc2c1.c1ccc2ncncc2c1.c1ccc2nnccc2c1.c1cnc2cccnc2c1.c1cnc2ccncc2c1.c1cnc2cnccc2c1.c1cnc2ncccc2c1. The molecule has 16 heteroatoms. The molecule has 13 aromatic heterocycles. The molecule has 7 aromatic carbocycles. The van der Waals surface area contributed by atoms with Gasteiger partial charge in [-0.1, -0.05) is 152 Å². The van der Waals surface area contributed by atoms with Gasteiger partial charge in [0.25, 0.3) is 0 Å². The van der Waals surface area contributed by atoms with E-state index in [1.165, 1.54) is 26.9 Å². The Morgan fingerprint density at radius 2 is 0.450 bits per heavy atom. The van der Waals surface area contributed by atoms with E-state index in [-0.39, 0.29) is 0 Å². The molecule has 20 aromatic rings. The maximum Gasteiger partial charge on any atom is 0.159 e. The fraction of sp³-hybridized carbons (Fsp3) is 0. The highest BCUT2D eigenvalue weighted by Crippen LogP contribution is 2.15. The summed E-state index contributed by atoms with van der Waals surface area (Å²) in [4.78, 5) is 57.0. The van der Waals surface area contributed by atoms with Crippen LogP contribution in [-0.2, 0) is 0 Å². The van der Waals surface area contributed by atoms with Gasteiger partial charge in [-0.05, 0) is 149 Å². The van der Waals surface area contributed by atoms with E-state index in [4.69, 9.17) is 0 Å². The summed E-state index contributed by atoms with van der Waals surface area (Å²) in [5.41, 5.74) is 9.56. The summed E-state index contributed by atoms with van der Waals surface area (Å²) in [6.45, 7) is 0. The Kier molecular flexibility index (Phi) is 25.4. The lowest BCUT2D eigenvalue weighted by Crippen LogP contribution is -1.79. The highest BCUT2D eigenvalue weighted by Gasteiger charge is 1.95. The molecule has 100 heavy (non-hydrogen) atoms. The van der Waals surface area contributed by atoms with E-state index in [1.807, 2.05) is 237 Å². The summed E-state index contributed by atoms with van der Waals surface area (Å²) < 4.78 is 0. The second kappa shape index (κ2) is 37.7. The van der Waals surface area contributed by atoms with Gasteiger partial charge >= 0.3 is 0 Å². The van der Waals surface area contributed by atoms with Crippen LogP contribution in [0.1, 0.15) is 0 Å². The van der Waals surface area contributed by atoms with E-state index in [0.717, 1.165) is 82.2 Å². The number of hydrogen-bond acceptors (Lipinski definition) is 16. The van der Waals surface area contributed by atoms with Gasteiger partial charge in [-0.15, -0.1) is 0 Å². The number of para-hydroxylation sites is 4. The summed E-state index contributed by atoms with van der Waals surface area (Å²) >= 11 is 0. The first-order valence-electron chi connectivity index (χ1n) is 31.8. The Hall–Kier alpha value is -14.1. The molecule has 0 aliphatic heterocycles. The normalized spacial score (nSPS) is 10.0. The molecule has 16 nitrogen and oxygen atoms in total. The van der Waals surface area contributed by atoms with Crippen molar-refractivity contribution in [2.45, 2.75) is 0 Å². The van der Waals surface area contributed by atoms with E-state index >= 15 is 0 Å². The van der Waals surface area contributed by atoms with E-state index < -0.39 is 0 Å². The standard InChI is InChI=1S/C10H8.2C9H7N.7C8H6N2/c1-2-6-10-8-4-3-7-9(10)5-1;1-2-6-9-8(4-1)5-3-7-10-9;1-2-4-9-7-10-6-5-8(9)3-1;1-3-7-8(9-5-1)4-2-6-10-7;1-3-7-4-2-6-10-8(7)9-5-1;1-2-7-6-9-5-3-8(7)10-4-1;1-2-7-3-5-9-6-8(7)10-4-1;1-2-4-8-7(3-1)5-9-6-10-8;1-2-4-8-7(3-1)9-5-6-10-8;1-2-4-8-7(3-1)5-6-9-10-8/h1-8H;2*1-7H;7*1-6H. The second-order valence-electron chi connectivity index (χ2n) is 21.2. The van der Waals surface area contributed by atoms with Gasteiger partial charge < -0.3 is 0 Å². The molecule has 0 bridgehead atoms. The summed E-state index contributed by atoms with van der Waals surface area (Å²) in [6, 6.07) is 91.7. The van der Waals surface area contributed by atoms with Crippen molar-refractivity contribution in [3.63, 3.8) is 0 Å².